The van der Waals surface area contributed by atoms with Crippen LogP contribution in [-0.4, -0.2) is 29.5 Å². The Morgan fingerprint density at radius 3 is 2.85 bits per heavy atom. The molecule has 20 heavy (non-hydrogen) atoms. The smallest absolute Gasteiger partial charge is 0.272 e. The first-order valence-electron chi connectivity index (χ1n) is 6.75. The zero-order valence-electron chi connectivity index (χ0n) is 11.2. The quantitative estimate of drug-likeness (QED) is 0.781. The van der Waals surface area contributed by atoms with Crippen molar-refractivity contribution >= 4 is 16.5 Å². The lowest BCUT2D eigenvalue weighted by atomic mass is 10.00. The van der Waals surface area contributed by atoms with Gasteiger partial charge in [0.15, 0.2) is 0 Å². The lowest BCUT2D eigenvalue weighted by Gasteiger charge is -2.21. The largest absolute Gasteiger partial charge is 0.382 e. The highest BCUT2D eigenvalue weighted by Crippen LogP contribution is 2.23. The third kappa shape index (κ3) is 2.22. The van der Waals surface area contributed by atoms with E-state index in [4.69, 9.17) is 4.74 Å². The molecule has 106 valence electrons. The Hall–Kier alpha value is -2.08. The second-order valence-electron chi connectivity index (χ2n) is 5.19. The van der Waals surface area contributed by atoms with Gasteiger partial charge in [-0.15, -0.1) is 0 Å². The Balaban J connectivity index is 2.01. The van der Waals surface area contributed by atoms with Crippen LogP contribution in [0, 0.1) is 5.92 Å². The summed E-state index contributed by atoms with van der Waals surface area (Å²) in [6.07, 6.45) is 1.01. The van der Waals surface area contributed by atoms with E-state index in [-0.39, 0.29) is 17.2 Å². The average molecular weight is 275 g/mol. The number of hydrogen-bond acceptors (Lipinski definition) is 4. The molecule has 0 amide bonds. The number of aromatic amines is 2. The van der Waals surface area contributed by atoms with E-state index in [1.807, 2.05) is 6.07 Å². The van der Waals surface area contributed by atoms with Crippen LogP contribution in [0.2, 0.25) is 0 Å². The minimum absolute atomic E-state index is 0.182. The second-order valence-corrected chi connectivity index (χ2v) is 5.19. The molecule has 3 N–H and O–H groups in total. The molecule has 1 aromatic carbocycles. The van der Waals surface area contributed by atoms with Gasteiger partial charge in [0.05, 0.1) is 17.4 Å². The van der Waals surface area contributed by atoms with E-state index in [9.17, 15) is 9.59 Å². The maximum Gasteiger partial charge on any atom is 0.272 e. The maximum atomic E-state index is 12.0. The third-order valence-electron chi connectivity index (χ3n) is 3.88. The molecule has 2 heterocycles. The predicted octanol–water partition coefficient (Wildman–Crippen LogP) is 1.05. The summed E-state index contributed by atoms with van der Waals surface area (Å²) in [6.45, 7) is 3.59. The Labute approximate surface area is 115 Å². The van der Waals surface area contributed by atoms with Gasteiger partial charge in [-0.2, -0.15) is 0 Å². The number of hydrogen-bond donors (Lipinski definition) is 3. The topological polar surface area (TPSA) is 87.0 Å². The Kier molecular flexibility index (Phi) is 3.31. The van der Waals surface area contributed by atoms with Gasteiger partial charge in [-0.1, -0.05) is 6.07 Å². The van der Waals surface area contributed by atoms with Crippen molar-refractivity contribution in [1.82, 2.24) is 10.2 Å². The van der Waals surface area contributed by atoms with Crippen LogP contribution in [0.25, 0.3) is 10.8 Å². The predicted molar refractivity (Wildman–Crippen MR) is 77.2 cm³/mol. The second kappa shape index (κ2) is 5.13. The van der Waals surface area contributed by atoms with Crippen LogP contribution in [0.5, 0.6) is 0 Å². The highest BCUT2D eigenvalue weighted by Gasteiger charge is 2.22. The molecule has 0 bridgehead atoms. The van der Waals surface area contributed by atoms with Crippen LogP contribution in [0.1, 0.15) is 13.3 Å². The van der Waals surface area contributed by atoms with Crippen molar-refractivity contribution in [3.05, 3.63) is 38.9 Å². The lowest BCUT2D eigenvalue weighted by Crippen LogP contribution is -2.27. The summed E-state index contributed by atoms with van der Waals surface area (Å²) in [4.78, 5) is 23.7. The van der Waals surface area contributed by atoms with Crippen molar-refractivity contribution in [1.29, 1.82) is 0 Å². The molecular weight excluding hydrogens is 258 g/mol. The van der Waals surface area contributed by atoms with Gasteiger partial charge < -0.3 is 10.1 Å². The van der Waals surface area contributed by atoms with E-state index < -0.39 is 0 Å². The van der Waals surface area contributed by atoms with Crippen molar-refractivity contribution in [3.8, 4) is 0 Å². The molecule has 3 rings (SSSR count). The minimum atomic E-state index is -0.294. The van der Waals surface area contributed by atoms with Gasteiger partial charge >= 0.3 is 0 Å². The molecule has 0 radical (unpaired) electrons. The normalized spacial score (nSPS) is 20.1. The number of nitrogens with one attached hydrogen (secondary N) is 3. The van der Waals surface area contributed by atoms with E-state index in [0.29, 0.717) is 22.4 Å². The number of H-pyrrole nitrogens is 2. The van der Waals surface area contributed by atoms with Crippen LogP contribution in [0.4, 0.5) is 5.69 Å². The molecule has 6 heteroatoms. The molecule has 1 saturated heterocycles. The van der Waals surface area contributed by atoms with Gasteiger partial charge in [0.2, 0.25) is 0 Å². The summed E-state index contributed by atoms with van der Waals surface area (Å²) in [5.74, 6) is 0.423. The molecule has 2 unspecified atom stereocenters. The Morgan fingerprint density at radius 1 is 1.30 bits per heavy atom. The van der Waals surface area contributed by atoms with Gasteiger partial charge in [-0.3, -0.25) is 19.8 Å². The van der Waals surface area contributed by atoms with Crippen LogP contribution < -0.4 is 16.4 Å². The SMILES string of the molecule is CC(Nc1cccc2c(=O)[nH][nH]c(=O)c12)C1CCOC1. The fourth-order valence-corrected chi connectivity index (χ4v) is 2.66. The lowest BCUT2D eigenvalue weighted by molar-refractivity contribution is 0.183. The number of rotatable bonds is 3. The van der Waals surface area contributed by atoms with E-state index in [2.05, 4.69) is 22.4 Å². The van der Waals surface area contributed by atoms with Crippen LogP contribution >= 0.6 is 0 Å². The molecule has 6 nitrogen and oxygen atoms in total. The highest BCUT2D eigenvalue weighted by molar-refractivity contribution is 5.92. The average Bonchev–Trinajstić information content (AvgIpc) is 2.97. The zero-order chi connectivity index (χ0) is 14.1. The first-order chi connectivity index (χ1) is 9.66. The number of anilines is 1. The monoisotopic (exact) mass is 275 g/mol. The number of benzene rings is 1. The van der Waals surface area contributed by atoms with Gasteiger partial charge in [-0.25, -0.2) is 0 Å². The molecule has 0 saturated carbocycles. The summed E-state index contributed by atoms with van der Waals surface area (Å²) in [7, 11) is 0. The summed E-state index contributed by atoms with van der Waals surface area (Å²) >= 11 is 0. The van der Waals surface area contributed by atoms with Gasteiger partial charge in [-0.05, 0) is 25.5 Å². The summed E-state index contributed by atoms with van der Waals surface area (Å²) < 4.78 is 5.38. The van der Waals surface area contributed by atoms with Crippen molar-refractivity contribution < 1.29 is 4.74 Å². The van der Waals surface area contributed by atoms with Crippen LogP contribution in [0.15, 0.2) is 27.8 Å². The van der Waals surface area contributed by atoms with E-state index in [1.165, 1.54) is 0 Å². The summed E-state index contributed by atoms with van der Waals surface area (Å²) in [5.41, 5.74) is 0.104. The van der Waals surface area contributed by atoms with Crippen molar-refractivity contribution in [2.75, 3.05) is 18.5 Å². The highest BCUT2D eigenvalue weighted by atomic mass is 16.5. The van der Waals surface area contributed by atoms with Crippen LogP contribution in [-0.2, 0) is 4.74 Å². The fourth-order valence-electron chi connectivity index (χ4n) is 2.66. The molecule has 1 aliphatic rings. The van der Waals surface area contributed by atoms with Crippen molar-refractivity contribution in [2.45, 2.75) is 19.4 Å². The zero-order valence-corrected chi connectivity index (χ0v) is 11.2. The van der Waals surface area contributed by atoms with Crippen LogP contribution in [0.3, 0.4) is 0 Å². The van der Waals surface area contributed by atoms with Crippen molar-refractivity contribution in [2.24, 2.45) is 5.92 Å². The number of aromatic nitrogens is 2. The first kappa shape index (κ1) is 12.9. The minimum Gasteiger partial charge on any atom is -0.382 e. The molecule has 2 aromatic rings. The first-order valence-corrected chi connectivity index (χ1v) is 6.75. The molecule has 1 aromatic heterocycles. The number of ether oxygens (including phenoxy) is 1. The molecular formula is C14H17N3O3. The van der Waals surface area contributed by atoms with Gasteiger partial charge in [0.25, 0.3) is 11.1 Å². The Bertz CT molecular complexity index is 728. The molecule has 1 fully saturated rings. The third-order valence-corrected chi connectivity index (χ3v) is 3.88. The number of fused-ring (bicyclic) bond motifs is 1. The van der Waals surface area contributed by atoms with Gasteiger partial charge in [0.1, 0.15) is 0 Å². The summed E-state index contributed by atoms with van der Waals surface area (Å²) in [5, 5.41) is 8.85. The van der Waals surface area contributed by atoms with E-state index >= 15 is 0 Å². The Morgan fingerprint density at radius 2 is 2.10 bits per heavy atom. The fraction of sp³-hybridized carbons (Fsp3) is 0.429. The standard InChI is InChI=1S/C14H17N3O3/c1-8(9-5-6-20-7-9)15-11-4-2-3-10-12(11)14(19)17-16-13(10)18/h2-4,8-9,15H,5-7H2,1H3,(H,16,18)(H,17,19). The molecule has 0 aliphatic carbocycles. The van der Waals surface area contributed by atoms with Gasteiger partial charge in [0, 0.05) is 24.3 Å². The summed E-state index contributed by atoms with van der Waals surface area (Å²) in [6, 6.07) is 5.43. The van der Waals surface area contributed by atoms with E-state index in [0.717, 1.165) is 19.6 Å². The molecule has 2 atom stereocenters. The molecule has 1 aliphatic heterocycles. The molecule has 0 spiro atoms. The van der Waals surface area contributed by atoms with Crippen molar-refractivity contribution in [3.63, 3.8) is 0 Å². The maximum absolute atomic E-state index is 12.0. The van der Waals surface area contributed by atoms with E-state index in [1.54, 1.807) is 12.1 Å².